The quantitative estimate of drug-likeness (QED) is 0.358. The molecule has 0 spiro atoms. The molecule has 2 amide bonds. The fraction of sp³-hybridized carbons (Fsp3) is 0.333. The molecule has 5 heterocycles. The minimum atomic E-state index is -0.0792. The van der Waals surface area contributed by atoms with Crippen LogP contribution in [-0.4, -0.2) is 85.3 Å². The van der Waals surface area contributed by atoms with Crippen LogP contribution in [0.25, 0.3) is 33.5 Å². The standard InChI is InChI=1S/C27H30N10O2/c1-16-9-23(38)33-34-25(16)17-3-4-21-22(11-17)32-27(31-21)20-10-18(12-29-26(20)28)19-13-30-37(14-19)15-24(39)36-7-5-35(2)6-8-36/h3-4,10-14,16H,5-9,15H2,1-2H3,(H2,28,29)(H,31,32)(H,33,38). The molecule has 1 atom stereocenters. The maximum atomic E-state index is 12.7. The van der Waals surface area contributed by atoms with Gasteiger partial charge in [-0.3, -0.25) is 14.3 Å². The van der Waals surface area contributed by atoms with Crippen molar-refractivity contribution in [3.63, 3.8) is 0 Å². The Hall–Kier alpha value is -4.58. The molecule has 12 nitrogen and oxygen atoms in total. The number of carbonyl (C=O) groups excluding carboxylic acids is 2. The van der Waals surface area contributed by atoms with E-state index in [-0.39, 0.29) is 24.3 Å². The highest BCUT2D eigenvalue weighted by Gasteiger charge is 2.23. The van der Waals surface area contributed by atoms with Gasteiger partial charge in [-0.1, -0.05) is 13.0 Å². The van der Waals surface area contributed by atoms with Crippen molar-refractivity contribution in [2.75, 3.05) is 39.0 Å². The summed E-state index contributed by atoms with van der Waals surface area (Å²) in [6.45, 7) is 5.41. The Morgan fingerprint density at radius 2 is 1.92 bits per heavy atom. The summed E-state index contributed by atoms with van der Waals surface area (Å²) in [7, 11) is 2.06. The van der Waals surface area contributed by atoms with Gasteiger partial charge in [-0.2, -0.15) is 10.2 Å². The predicted octanol–water partition coefficient (Wildman–Crippen LogP) is 1.70. The normalized spacial score (nSPS) is 18.3. The number of nitrogen functional groups attached to an aromatic ring is 1. The van der Waals surface area contributed by atoms with Gasteiger partial charge in [-0.15, -0.1) is 0 Å². The Morgan fingerprint density at radius 3 is 2.72 bits per heavy atom. The lowest BCUT2D eigenvalue weighted by Gasteiger charge is -2.32. The second-order valence-corrected chi connectivity index (χ2v) is 10.2. The first-order valence-electron chi connectivity index (χ1n) is 13.0. The number of hydrogen-bond donors (Lipinski definition) is 3. The number of rotatable bonds is 5. The largest absolute Gasteiger partial charge is 0.383 e. The molecule has 39 heavy (non-hydrogen) atoms. The Bertz CT molecular complexity index is 1600. The van der Waals surface area contributed by atoms with Crippen molar-refractivity contribution >= 4 is 34.4 Å². The van der Waals surface area contributed by atoms with E-state index in [1.165, 1.54) is 0 Å². The first-order chi connectivity index (χ1) is 18.8. The van der Waals surface area contributed by atoms with E-state index in [0.29, 0.717) is 23.6 Å². The highest BCUT2D eigenvalue weighted by Crippen LogP contribution is 2.30. The smallest absolute Gasteiger partial charge is 0.244 e. The Balaban J connectivity index is 1.23. The predicted molar refractivity (Wildman–Crippen MR) is 147 cm³/mol. The summed E-state index contributed by atoms with van der Waals surface area (Å²) in [5.41, 5.74) is 14.5. The van der Waals surface area contributed by atoms with Gasteiger partial charge in [0.25, 0.3) is 0 Å². The highest BCUT2D eigenvalue weighted by atomic mass is 16.2. The van der Waals surface area contributed by atoms with E-state index in [1.807, 2.05) is 42.3 Å². The van der Waals surface area contributed by atoms with Crippen molar-refractivity contribution in [3.05, 3.63) is 48.4 Å². The maximum Gasteiger partial charge on any atom is 0.244 e. The molecule has 1 unspecified atom stereocenters. The number of likely N-dealkylation sites (N-methyl/N-ethyl adjacent to an activating group) is 1. The number of pyridine rings is 1. The van der Waals surface area contributed by atoms with E-state index in [0.717, 1.165) is 59.6 Å². The summed E-state index contributed by atoms with van der Waals surface area (Å²) in [4.78, 5) is 41.0. The molecule has 2 aliphatic rings. The zero-order valence-electron chi connectivity index (χ0n) is 21.9. The van der Waals surface area contributed by atoms with Crippen LogP contribution in [0.1, 0.15) is 18.9 Å². The number of carbonyl (C=O) groups is 2. The molecule has 1 fully saturated rings. The molecule has 0 aliphatic carbocycles. The summed E-state index contributed by atoms with van der Waals surface area (Å²) < 4.78 is 1.66. The number of nitrogens with one attached hydrogen (secondary N) is 2. The van der Waals surface area contributed by atoms with E-state index >= 15 is 0 Å². The molecule has 1 aromatic carbocycles. The van der Waals surface area contributed by atoms with Crippen LogP contribution in [-0.2, 0) is 16.1 Å². The van der Waals surface area contributed by atoms with Crippen LogP contribution < -0.4 is 11.2 Å². The van der Waals surface area contributed by atoms with Crippen molar-refractivity contribution in [3.8, 4) is 22.5 Å². The molecule has 0 radical (unpaired) electrons. The fourth-order valence-corrected chi connectivity index (χ4v) is 5.01. The van der Waals surface area contributed by atoms with Crippen LogP contribution in [0.5, 0.6) is 0 Å². The Morgan fingerprint density at radius 1 is 1.10 bits per heavy atom. The Kier molecular flexibility index (Phi) is 6.31. The van der Waals surface area contributed by atoms with Gasteiger partial charge in [0.1, 0.15) is 18.2 Å². The molecule has 3 aromatic heterocycles. The number of imidazole rings is 1. The number of fused-ring (bicyclic) bond motifs is 1. The number of benzene rings is 1. The van der Waals surface area contributed by atoms with Crippen LogP contribution in [0.15, 0.2) is 48.0 Å². The van der Waals surface area contributed by atoms with Crippen molar-refractivity contribution in [2.45, 2.75) is 19.9 Å². The third-order valence-electron chi connectivity index (χ3n) is 7.33. The number of amides is 2. The fourth-order valence-electron chi connectivity index (χ4n) is 5.01. The lowest BCUT2D eigenvalue weighted by molar-refractivity contribution is -0.133. The minimum absolute atomic E-state index is 0.0175. The van der Waals surface area contributed by atoms with E-state index in [4.69, 9.17) is 10.7 Å². The summed E-state index contributed by atoms with van der Waals surface area (Å²) in [5.74, 6) is 0.946. The summed E-state index contributed by atoms with van der Waals surface area (Å²) in [5, 5.41) is 8.66. The first kappa shape index (κ1) is 24.7. The van der Waals surface area contributed by atoms with Crippen molar-refractivity contribution < 1.29 is 9.59 Å². The minimum Gasteiger partial charge on any atom is -0.383 e. The zero-order valence-corrected chi connectivity index (χ0v) is 21.9. The second-order valence-electron chi connectivity index (χ2n) is 10.2. The Labute approximate surface area is 224 Å². The van der Waals surface area contributed by atoms with E-state index in [2.05, 4.69) is 37.5 Å². The lowest BCUT2D eigenvalue weighted by atomic mass is 9.94. The first-order valence-corrected chi connectivity index (χ1v) is 13.0. The molecule has 2 aliphatic heterocycles. The lowest BCUT2D eigenvalue weighted by Crippen LogP contribution is -2.48. The van der Waals surface area contributed by atoms with Gasteiger partial charge in [0.15, 0.2) is 0 Å². The SMILES string of the molecule is CC1CC(=O)NN=C1c1ccc2[nH]c(-c3cc(-c4cnn(CC(=O)N5CCN(C)CC5)c4)cnc3N)nc2c1. The van der Waals surface area contributed by atoms with E-state index in [9.17, 15) is 9.59 Å². The number of aromatic amines is 1. The van der Waals surface area contributed by atoms with Crippen molar-refractivity contribution in [2.24, 2.45) is 11.0 Å². The second kappa shape index (κ2) is 9.95. The number of nitrogens with zero attached hydrogens (tertiary/aromatic N) is 7. The molecular weight excluding hydrogens is 496 g/mol. The molecular formula is C27H30N10O2. The number of hydrogen-bond acceptors (Lipinski definition) is 8. The van der Waals surface area contributed by atoms with Gasteiger partial charge in [-0.25, -0.2) is 15.4 Å². The average Bonchev–Trinajstić information content (AvgIpc) is 3.56. The monoisotopic (exact) mass is 526 g/mol. The van der Waals surface area contributed by atoms with Crippen molar-refractivity contribution in [1.82, 2.24) is 40.0 Å². The number of nitrogens with two attached hydrogens (primary N) is 1. The van der Waals surface area contributed by atoms with E-state index in [1.54, 1.807) is 17.1 Å². The highest BCUT2D eigenvalue weighted by molar-refractivity contribution is 6.07. The van der Waals surface area contributed by atoms with Crippen LogP contribution in [0.4, 0.5) is 5.82 Å². The van der Waals surface area contributed by atoms with Gasteiger partial charge >= 0.3 is 0 Å². The molecule has 12 heteroatoms. The van der Waals surface area contributed by atoms with Gasteiger partial charge in [0.2, 0.25) is 11.8 Å². The zero-order chi connectivity index (χ0) is 27.1. The number of anilines is 1. The maximum absolute atomic E-state index is 12.7. The topological polar surface area (TPSA) is 150 Å². The summed E-state index contributed by atoms with van der Waals surface area (Å²) in [6, 6.07) is 7.79. The van der Waals surface area contributed by atoms with Crippen LogP contribution in [0.2, 0.25) is 0 Å². The molecule has 1 saturated heterocycles. The number of aromatic nitrogens is 5. The number of piperazine rings is 1. The molecule has 0 saturated carbocycles. The third kappa shape index (κ3) is 4.98. The van der Waals surface area contributed by atoms with Crippen molar-refractivity contribution in [1.29, 1.82) is 0 Å². The van der Waals surface area contributed by atoms with E-state index < -0.39 is 0 Å². The molecule has 4 aromatic rings. The molecule has 6 rings (SSSR count). The van der Waals surface area contributed by atoms with Gasteiger partial charge in [0, 0.05) is 67.6 Å². The third-order valence-corrected chi connectivity index (χ3v) is 7.33. The van der Waals surface area contributed by atoms with Crippen LogP contribution in [0, 0.1) is 5.92 Å². The summed E-state index contributed by atoms with van der Waals surface area (Å²) >= 11 is 0. The van der Waals surface area contributed by atoms with Gasteiger partial charge in [0.05, 0.1) is 28.5 Å². The molecule has 0 bridgehead atoms. The number of hydrazone groups is 1. The summed E-state index contributed by atoms with van der Waals surface area (Å²) in [6.07, 6.45) is 5.67. The van der Waals surface area contributed by atoms with Crippen LogP contribution >= 0.6 is 0 Å². The molecule has 4 N–H and O–H groups in total. The molecule has 200 valence electrons. The van der Waals surface area contributed by atoms with Gasteiger partial charge < -0.3 is 20.5 Å². The number of H-pyrrole nitrogens is 1. The van der Waals surface area contributed by atoms with Gasteiger partial charge in [-0.05, 0) is 25.2 Å². The van der Waals surface area contributed by atoms with Crippen LogP contribution in [0.3, 0.4) is 0 Å². The average molecular weight is 527 g/mol.